The van der Waals surface area contributed by atoms with E-state index in [9.17, 15) is 22.8 Å². The van der Waals surface area contributed by atoms with E-state index in [0.29, 0.717) is 16.5 Å². The van der Waals surface area contributed by atoms with Gasteiger partial charge >= 0.3 is 17.6 Å². The third-order valence-corrected chi connectivity index (χ3v) is 6.25. The number of ether oxygens (including phenoxy) is 1. The summed E-state index contributed by atoms with van der Waals surface area (Å²) in [6.45, 7) is 0.394. The summed E-state index contributed by atoms with van der Waals surface area (Å²) in [5.74, 6) is -2.30. The van der Waals surface area contributed by atoms with Crippen LogP contribution in [0.1, 0.15) is 12.8 Å². The average Bonchev–Trinajstić information content (AvgIpc) is 3.09. The topological polar surface area (TPSA) is 71.8 Å². The first-order chi connectivity index (χ1) is 15.7. The Morgan fingerprint density at radius 3 is 2.52 bits per heavy atom. The molecule has 3 aromatic rings. The number of nitrogens with one attached hydrogen (secondary N) is 1. The number of piperazine rings is 1. The molecule has 1 amide bonds. The monoisotopic (exact) mass is 478 g/mol. The van der Waals surface area contributed by atoms with Crippen LogP contribution in [0, 0.1) is 5.82 Å². The Morgan fingerprint density at radius 1 is 1.09 bits per heavy atom. The third-order valence-electron chi connectivity index (χ3n) is 5.94. The molecular formula is C23H18ClF3N2O4. The Kier molecular flexibility index (Phi) is 5.33. The van der Waals surface area contributed by atoms with Gasteiger partial charge in [-0.2, -0.15) is 8.78 Å². The van der Waals surface area contributed by atoms with Crippen LogP contribution in [0.25, 0.3) is 22.1 Å². The normalized spacial score (nSPS) is 20.3. The number of halogens is 4. The molecule has 0 saturated carbocycles. The van der Waals surface area contributed by atoms with Crippen LogP contribution in [0.3, 0.4) is 0 Å². The van der Waals surface area contributed by atoms with Crippen LogP contribution in [0.2, 0.25) is 5.02 Å². The van der Waals surface area contributed by atoms with Gasteiger partial charge in [0.15, 0.2) is 0 Å². The first-order valence-corrected chi connectivity index (χ1v) is 10.7. The van der Waals surface area contributed by atoms with Gasteiger partial charge in [-0.3, -0.25) is 4.79 Å². The molecule has 2 aromatic carbocycles. The predicted molar refractivity (Wildman–Crippen MR) is 115 cm³/mol. The first-order valence-electron chi connectivity index (χ1n) is 10.4. The lowest BCUT2D eigenvalue weighted by Gasteiger charge is -2.34. The van der Waals surface area contributed by atoms with Gasteiger partial charge in [-0.1, -0.05) is 11.6 Å². The highest BCUT2D eigenvalue weighted by Crippen LogP contribution is 2.35. The van der Waals surface area contributed by atoms with Crippen molar-refractivity contribution in [3.63, 3.8) is 0 Å². The average molecular weight is 479 g/mol. The van der Waals surface area contributed by atoms with E-state index in [2.05, 4.69) is 5.32 Å². The summed E-state index contributed by atoms with van der Waals surface area (Å²) in [6.07, 6.45) is -2.42. The molecule has 2 bridgehead atoms. The number of hydrogen-bond donors (Lipinski definition) is 1. The first kappa shape index (κ1) is 21.8. The summed E-state index contributed by atoms with van der Waals surface area (Å²) in [6, 6.07) is 8.66. The Morgan fingerprint density at radius 2 is 1.82 bits per heavy atom. The molecule has 172 valence electrons. The van der Waals surface area contributed by atoms with Crippen molar-refractivity contribution in [2.24, 2.45) is 0 Å². The number of amides is 1. The molecule has 2 unspecified atom stereocenters. The zero-order valence-corrected chi connectivity index (χ0v) is 17.9. The summed E-state index contributed by atoms with van der Waals surface area (Å²) < 4.78 is 52.7. The van der Waals surface area contributed by atoms with Gasteiger partial charge in [0, 0.05) is 53.8 Å². The number of rotatable bonds is 4. The number of hydrogen-bond acceptors (Lipinski definition) is 5. The fraction of sp³-hybridized carbons (Fsp3) is 0.304. The van der Waals surface area contributed by atoms with Gasteiger partial charge in [0.25, 0.3) is 0 Å². The molecule has 0 radical (unpaired) electrons. The standard InChI is InChI=1S/C23H18ClF3N2O4/c24-19-7-12(25)1-5-16(19)18-9-21(30)32-20-8-15(4-6-17(18)20)33-23(26,27)22(31)29-10-13-2-3-14(11-29)28-13/h1,4-9,13-14,28H,2-3,10-11H2. The van der Waals surface area contributed by atoms with E-state index in [1.807, 2.05) is 0 Å². The largest absolute Gasteiger partial charge is 0.482 e. The second-order valence-electron chi connectivity index (χ2n) is 8.23. The molecule has 5 rings (SSSR count). The SMILES string of the molecule is O=C(N1CC2CCC(C1)N2)C(F)(F)Oc1ccc2c(-c3ccc(F)cc3Cl)cc(=O)oc2c1. The number of nitrogens with zero attached hydrogens (tertiary/aromatic N) is 1. The quantitative estimate of drug-likeness (QED) is 0.569. The summed E-state index contributed by atoms with van der Waals surface area (Å²) in [4.78, 5) is 25.7. The van der Waals surface area contributed by atoms with Gasteiger partial charge < -0.3 is 19.4 Å². The number of fused-ring (bicyclic) bond motifs is 3. The van der Waals surface area contributed by atoms with Crippen molar-refractivity contribution in [3.05, 3.63) is 63.7 Å². The molecule has 6 nitrogen and oxygen atoms in total. The molecule has 33 heavy (non-hydrogen) atoms. The van der Waals surface area contributed by atoms with Gasteiger partial charge in [-0.15, -0.1) is 0 Å². The highest BCUT2D eigenvalue weighted by molar-refractivity contribution is 6.33. The summed E-state index contributed by atoms with van der Waals surface area (Å²) >= 11 is 6.13. The molecular weight excluding hydrogens is 461 g/mol. The van der Waals surface area contributed by atoms with E-state index in [1.54, 1.807) is 0 Å². The van der Waals surface area contributed by atoms with Gasteiger partial charge in [-0.05, 0) is 43.2 Å². The van der Waals surface area contributed by atoms with Crippen LogP contribution in [0.4, 0.5) is 13.2 Å². The lowest BCUT2D eigenvalue weighted by molar-refractivity contribution is -0.204. The fourth-order valence-corrected chi connectivity index (χ4v) is 4.74. The van der Waals surface area contributed by atoms with E-state index in [0.717, 1.165) is 29.9 Å². The maximum atomic E-state index is 14.7. The highest BCUT2D eigenvalue weighted by atomic mass is 35.5. The van der Waals surface area contributed by atoms with Gasteiger partial charge in [-0.25, -0.2) is 9.18 Å². The van der Waals surface area contributed by atoms with Crippen LogP contribution in [0.5, 0.6) is 5.75 Å². The van der Waals surface area contributed by atoms with E-state index in [-0.39, 0.29) is 41.5 Å². The zero-order chi connectivity index (χ0) is 23.3. The predicted octanol–water partition coefficient (Wildman–Crippen LogP) is 4.19. The molecule has 1 N–H and O–H groups in total. The number of alkyl halides is 2. The van der Waals surface area contributed by atoms with Crippen molar-refractivity contribution in [3.8, 4) is 16.9 Å². The van der Waals surface area contributed by atoms with Gasteiger partial charge in [0.2, 0.25) is 0 Å². The van der Waals surface area contributed by atoms with Gasteiger partial charge in [0.05, 0.1) is 5.02 Å². The molecule has 0 spiro atoms. The minimum absolute atomic E-state index is 0.00940. The summed E-state index contributed by atoms with van der Waals surface area (Å²) in [7, 11) is 0. The highest BCUT2D eigenvalue weighted by Gasteiger charge is 2.48. The van der Waals surface area contributed by atoms with Crippen LogP contribution in [0.15, 0.2) is 51.7 Å². The van der Waals surface area contributed by atoms with E-state index < -0.39 is 23.5 Å². The zero-order valence-electron chi connectivity index (χ0n) is 17.1. The summed E-state index contributed by atoms with van der Waals surface area (Å²) in [5.41, 5.74) is -0.0802. The molecule has 0 aliphatic carbocycles. The van der Waals surface area contributed by atoms with Crippen molar-refractivity contribution in [2.75, 3.05) is 13.1 Å². The second kappa shape index (κ2) is 8.07. The lowest BCUT2D eigenvalue weighted by atomic mass is 10.0. The third kappa shape index (κ3) is 4.18. The van der Waals surface area contributed by atoms with E-state index >= 15 is 0 Å². The Hall–Kier alpha value is -3.04. The Labute approximate surface area is 190 Å². The lowest BCUT2D eigenvalue weighted by Crippen LogP contribution is -2.57. The molecule has 2 aliphatic heterocycles. The molecule has 3 heterocycles. The molecule has 2 atom stereocenters. The smallest absolute Gasteiger partial charge is 0.425 e. The van der Waals surface area contributed by atoms with Crippen LogP contribution in [-0.2, 0) is 4.79 Å². The minimum atomic E-state index is -4.09. The van der Waals surface area contributed by atoms with Crippen LogP contribution in [-0.4, -0.2) is 42.1 Å². The number of carbonyl (C=O) groups excluding carboxylic acids is 1. The Balaban J connectivity index is 1.45. The molecule has 2 saturated heterocycles. The Bertz CT molecular complexity index is 1300. The molecule has 2 aliphatic rings. The maximum Gasteiger partial charge on any atom is 0.482 e. The molecule has 10 heteroatoms. The maximum absolute atomic E-state index is 14.7. The van der Waals surface area contributed by atoms with Crippen LogP contribution < -0.4 is 15.7 Å². The molecule has 2 fully saturated rings. The van der Waals surface area contributed by atoms with Crippen molar-refractivity contribution in [1.82, 2.24) is 10.2 Å². The fourth-order valence-electron chi connectivity index (χ4n) is 4.48. The van der Waals surface area contributed by atoms with Crippen molar-refractivity contribution < 1.29 is 27.1 Å². The number of benzene rings is 2. The minimum Gasteiger partial charge on any atom is -0.425 e. The van der Waals surface area contributed by atoms with Crippen molar-refractivity contribution >= 4 is 28.5 Å². The van der Waals surface area contributed by atoms with E-state index in [4.69, 9.17) is 20.8 Å². The number of carbonyl (C=O) groups is 1. The summed E-state index contributed by atoms with van der Waals surface area (Å²) in [5, 5.41) is 3.73. The second-order valence-corrected chi connectivity index (χ2v) is 8.64. The van der Waals surface area contributed by atoms with E-state index in [1.165, 1.54) is 30.3 Å². The number of likely N-dealkylation sites (tertiary alicyclic amines) is 1. The molecule has 1 aromatic heterocycles. The van der Waals surface area contributed by atoms with Gasteiger partial charge in [0.1, 0.15) is 17.1 Å². The van der Waals surface area contributed by atoms with Crippen LogP contribution >= 0.6 is 11.6 Å². The van der Waals surface area contributed by atoms with Crippen molar-refractivity contribution in [1.29, 1.82) is 0 Å². The van der Waals surface area contributed by atoms with Crippen molar-refractivity contribution in [2.45, 2.75) is 31.0 Å².